The van der Waals surface area contributed by atoms with Crippen molar-refractivity contribution in [2.45, 2.75) is 13.8 Å². The van der Waals surface area contributed by atoms with Gasteiger partial charge in [0, 0.05) is 24.3 Å². The zero-order valence-corrected chi connectivity index (χ0v) is 9.47. The highest BCUT2D eigenvalue weighted by Crippen LogP contribution is 2.14. The number of nitrogens with two attached hydrogens (primary N) is 1. The second-order valence-electron chi connectivity index (χ2n) is 3.08. The van der Waals surface area contributed by atoms with Gasteiger partial charge in [-0.25, -0.2) is 0 Å². The van der Waals surface area contributed by atoms with Gasteiger partial charge in [0.25, 0.3) is 0 Å². The number of nitrogens with zero attached hydrogens (tertiary/aromatic N) is 1. The summed E-state index contributed by atoms with van der Waals surface area (Å²) in [6.45, 7) is 6.32. The van der Waals surface area contributed by atoms with Crippen molar-refractivity contribution in [2.24, 2.45) is 5.73 Å². The van der Waals surface area contributed by atoms with Crippen LogP contribution in [0.3, 0.4) is 0 Å². The zero-order valence-electron chi connectivity index (χ0n) is 8.66. The summed E-state index contributed by atoms with van der Waals surface area (Å²) in [5.41, 5.74) is 7.67. The molecule has 2 nitrogen and oxygen atoms in total. The highest BCUT2D eigenvalue weighted by atomic mass is 32.1. The molecular weight excluding hydrogens is 192 g/mol. The van der Waals surface area contributed by atoms with Gasteiger partial charge in [-0.3, -0.25) is 0 Å². The lowest BCUT2D eigenvalue weighted by molar-refractivity contribution is 0.866. The second-order valence-corrected chi connectivity index (χ2v) is 3.52. The highest BCUT2D eigenvalue weighted by Gasteiger charge is 2.01. The van der Waals surface area contributed by atoms with Crippen LogP contribution in [0.15, 0.2) is 24.3 Å². The van der Waals surface area contributed by atoms with Crippen LogP contribution in [0.2, 0.25) is 0 Å². The number of thiocarbonyl (C=S) groups is 1. The molecule has 0 radical (unpaired) electrons. The SMILES string of the molecule is CCN(CC)c1ccc(C(N)=S)cc1. The number of hydrogen-bond acceptors (Lipinski definition) is 2. The first kappa shape index (κ1) is 11.0. The van der Waals surface area contributed by atoms with Crippen molar-refractivity contribution in [3.8, 4) is 0 Å². The normalized spacial score (nSPS) is 9.86. The number of anilines is 1. The summed E-state index contributed by atoms with van der Waals surface area (Å²) in [6, 6.07) is 8.05. The van der Waals surface area contributed by atoms with E-state index < -0.39 is 0 Å². The monoisotopic (exact) mass is 208 g/mol. The topological polar surface area (TPSA) is 29.3 Å². The highest BCUT2D eigenvalue weighted by molar-refractivity contribution is 7.80. The van der Waals surface area contributed by atoms with Crippen molar-refractivity contribution in [2.75, 3.05) is 18.0 Å². The summed E-state index contributed by atoms with van der Waals surface area (Å²) in [5, 5.41) is 0. The molecule has 14 heavy (non-hydrogen) atoms. The van der Waals surface area contributed by atoms with Crippen LogP contribution >= 0.6 is 12.2 Å². The van der Waals surface area contributed by atoms with Crippen molar-refractivity contribution < 1.29 is 0 Å². The van der Waals surface area contributed by atoms with Crippen LogP contribution in [-0.2, 0) is 0 Å². The predicted molar refractivity (Wildman–Crippen MR) is 65.9 cm³/mol. The third-order valence-corrected chi connectivity index (χ3v) is 2.52. The molecule has 1 aromatic rings. The third kappa shape index (κ3) is 2.45. The van der Waals surface area contributed by atoms with Gasteiger partial charge < -0.3 is 10.6 Å². The third-order valence-electron chi connectivity index (χ3n) is 2.28. The quantitative estimate of drug-likeness (QED) is 0.769. The molecule has 0 aliphatic rings. The molecular formula is C11H16N2S. The summed E-state index contributed by atoms with van der Waals surface area (Å²) in [5.74, 6) is 0. The summed E-state index contributed by atoms with van der Waals surface area (Å²) >= 11 is 4.89. The largest absolute Gasteiger partial charge is 0.389 e. The average molecular weight is 208 g/mol. The molecule has 0 saturated carbocycles. The van der Waals surface area contributed by atoms with E-state index in [1.165, 1.54) is 5.69 Å². The molecule has 0 unspecified atom stereocenters. The molecule has 76 valence electrons. The van der Waals surface area contributed by atoms with Crippen LogP contribution in [0.4, 0.5) is 5.69 Å². The minimum Gasteiger partial charge on any atom is -0.389 e. The first-order valence-electron chi connectivity index (χ1n) is 4.83. The lowest BCUT2D eigenvalue weighted by atomic mass is 10.2. The molecule has 2 N–H and O–H groups in total. The van der Waals surface area contributed by atoms with E-state index in [-0.39, 0.29) is 0 Å². The minimum atomic E-state index is 0.455. The second kappa shape index (κ2) is 4.96. The Balaban J connectivity index is 2.87. The maximum absolute atomic E-state index is 5.52. The van der Waals surface area contributed by atoms with E-state index in [0.29, 0.717) is 4.99 Å². The first-order chi connectivity index (χ1) is 6.69. The molecule has 0 bridgehead atoms. The summed E-state index contributed by atoms with van der Waals surface area (Å²) < 4.78 is 0. The molecule has 1 rings (SSSR count). The van der Waals surface area contributed by atoms with Gasteiger partial charge in [-0.05, 0) is 38.1 Å². The summed E-state index contributed by atoms with van der Waals surface area (Å²) in [7, 11) is 0. The number of benzene rings is 1. The van der Waals surface area contributed by atoms with Crippen LogP contribution < -0.4 is 10.6 Å². The van der Waals surface area contributed by atoms with Gasteiger partial charge in [0.05, 0.1) is 0 Å². The molecule has 0 heterocycles. The van der Waals surface area contributed by atoms with Crippen molar-refractivity contribution in [3.05, 3.63) is 29.8 Å². The molecule has 3 heteroatoms. The van der Waals surface area contributed by atoms with Crippen molar-refractivity contribution in [1.82, 2.24) is 0 Å². The van der Waals surface area contributed by atoms with E-state index in [9.17, 15) is 0 Å². The van der Waals surface area contributed by atoms with Crippen LogP contribution in [0.25, 0.3) is 0 Å². The van der Waals surface area contributed by atoms with E-state index in [4.69, 9.17) is 18.0 Å². The fourth-order valence-corrected chi connectivity index (χ4v) is 1.56. The van der Waals surface area contributed by atoms with Crippen LogP contribution in [0, 0.1) is 0 Å². The molecule has 0 aromatic heterocycles. The summed E-state index contributed by atoms with van der Waals surface area (Å²) in [6.07, 6.45) is 0. The van der Waals surface area contributed by atoms with Gasteiger partial charge in [0.2, 0.25) is 0 Å². The maximum Gasteiger partial charge on any atom is 0.103 e. The van der Waals surface area contributed by atoms with Gasteiger partial charge in [-0.1, -0.05) is 12.2 Å². The Morgan fingerprint density at radius 3 is 2.07 bits per heavy atom. The molecule has 0 spiro atoms. The smallest absolute Gasteiger partial charge is 0.103 e. The molecule has 0 fully saturated rings. The molecule has 0 amide bonds. The Hall–Kier alpha value is -1.09. The molecule has 0 aliphatic carbocycles. The van der Waals surface area contributed by atoms with Crippen molar-refractivity contribution >= 4 is 22.9 Å². The first-order valence-corrected chi connectivity index (χ1v) is 5.24. The standard InChI is InChI=1S/C11H16N2S/c1-3-13(4-2)10-7-5-9(6-8-10)11(12)14/h5-8H,3-4H2,1-2H3,(H2,12,14). The van der Waals surface area contributed by atoms with Gasteiger partial charge in [-0.2, -0.15) is 0 Å². The Morgan fingerprint density at radius 2 is 1.71 bits per heavy atom. The van der Waals surface area contributed by atoms with Gasteiger partial charge >= 0.3 is 0 Å². The predicted octanol–water partition coefficient (Wildman–Crippen LogP) is 2.17. The van der Waals surface area contributed by atoms with E-state index in [1.54, 1.807) is 0 Å². The van der Waals surface area contributed by atoms with Crippen LogP contribution in [0.5, 0.6) is 0 Å². The molecule has 0 aliphatic heterocycles. The Bertz CT molecular complexity index is 302. The van der Waals surface area contributed by atoms with Gasteiger partial charge in [0.15, 0.2) is 0 Å². The maximum atomic E-state index is 5.52. The minimum absolute atomic E-state index is 0.455. The van der Waals surface area contributed by atoms with Crippen molar-refractivity contribution in [3.63, 3.8) is 0 Å². The van der Waals surface area contributed by atoms with Gasteiger partial charge in [-0.15, -0.1) is 0 Å². The molecule has 0 atom stereocenters. The lowest BCUT2D eigenvalue weighted by Crippen LogP contribution is -2.21. The Labute approximate surface area is 90.7 Å². The van der Waals surface area contributed by atoms with E-state index in [1.807, 2.05) is 12.1 Å². The van der Waals surface area contributed by atoms with E-state index >= 15 is 0 Å². The van der Waals surface area contributed by atoms with E-state index in [2.05, 4.69) is 30.9 Å². The zero-order chi connectivity index (χ0) is 10.6. The Kier molecular flexibility index (Phi) is 3.89. The average Bonchev–Trinajstić information content (AvgIpc) is 2.20. The Morgan fingerprint density at radius 1 is 1.21 bits per heavy atom. The number of rotatable bonds is 4. The van der Waals surface area contributed by atoms with Crippen LogP contribution in [0.1, 0.15) is 19.4 Å². The fraction of sp³-hybridized carbons (Fsp3) is 0.364. The van der Waals surface area contributed by atoms with Gasteiger partial charge in [0.1, 0.15) is 4.99 Å². The fourth-order valence-electron chi connectivity index (χ4n) is 1.43. The van der Waals surface area contributed by atoms with Crippen molar-refractivity contribution in [1.29, 1.82) is 0 Å². The molecule has 1 aromatic carbocycles. The summed E-state index contributed by atoms with van der Waals surface area (Å²) in [4.78, 5) is 2.74. The molecule has 0 saturated heterocycles. The number of hydrogen-bond donors (Lipinski definition) is 1. The van der Waals surface area contributed by atoms with E-state index in [0.717, 1.165) is 18.7 Å². The van der Waals surface area contributed by atoms with Crippen LogP contribution in [-0.4, -0.2) is 18.1 Å². The lowest BCUT2D eigenvalue weighted by Gasteiger charge is -2.20.